The highest BCUT2D eigenvalue weighted by Gasteiger charge is 1.88. The van der Waals surface area contributed by atoms with Crippen LogP contribution in [0.5, 0.6) is 5.75 Å². The van der Waals surface area contributed by atoms with Gasteiger partial charge < -0.3 is 4.74 Å². The smallest absolute Gasteiger partial charge is 0.119 e. The first-order valence-corrected chi connectivity index (χ1v) is 4.30. The summed E-state index contributed by atoms with van der Waals surface area (Å²) in [6.07, 6.45) is 6.62. The molecule has 67 valence electrons. The fraction of sp³-hybridized carbons (Fsp3) is 0.167. The van der Waals surface area contributed by atoms with E-state index in [2.05, 4.69) is 12.6 Å². The quantitative estimate of drug-likeness (QED) is 0.491. The Morgan fingerprint density at radius 2 is 2.15 bits per heavy atom. The minimum absolute atomic E-state index is 0.703. The Kier molecular flexibility index (Phi) is 4.47. The second-order valence-electron chi connectivity index (χ2n) is 2.54. The molecule has 0 saturated carbocycles. The van der Waals surface area contributed by atoms with Crippen LogP contribution in [-0.4, -0.2) is 6.61 Å². The maximum atomic E-state index is 5.45. The highest BCUT2D eigenvalue weighted by Crippen LogP contribution is 2.07. The van der Waals surface area contributed by atoms with Crippen molar-refractivity contribution in [3.63, 3.8) is 0 Å². The van der Waals surface area contributed by atoms with Gasteiger partial charge in [-0.2, -0.15) is 0 Å². The standard InChI is InChI=1S/C12H13O/c1-2-3-4-8-11-13-12-9-6-5-7-10-12/h2-4,6-7,9-10H,1,8,11H2. The summed E-state index contributed by atoms with van der Waals surface area (Å²) in [7, 11) is 0. The SMILES string of the molecule is C=CC=CCCOc1cc[c]cc1. The molecule has 0 aliphatic heterocycles. The van der Waals surface area contributed by atoms with Crippen molar-refractivity contribution in [3.05, 3.63) is 55.1 Å². The van der Waals surface area contributed by atoms with Crippen molar-refractivity contribution in [3.8, 4) is 5.75 Å². The monoisotopic (exact) mass is 173 g/mol. The molecular weight excluding hydrogens is 160 g/mol. The van der Waals surface area contributed by atoms with Crippen molar-refractivity contribution in [1.82, 2.24) is 0 Å². The molecule has 1 nitrogen and oxygen atoms in total. The summed E-state index contributed by atoms with van der Waals surface area (Å²) in [5.74, 6) is 0.894. The summed E-state index contributed by atoms with van der Waals surface area (Å²) >= 11 is 0. The van der Waals surface area contributed by atoms with Gasteiger partial charge in [0.05, 0.1) is 6.61 Å². The van der Waals surface area contributed by atoms with E-state index in [0.29, 0.717) is 6.61 Å². The van der Waals surface area contributed by atoms with Gasteiger partial charge in [-0.15, -0.1) is 0 Å². The molecule has 0 aliphatic rings. The van der Waals surface area contributed by atoms with Crippen molar-refractivity contribution < 1.29 is 4.74 Å². The van der Waals surface area contributed by atoms with Gasteiger partial charge in [0, 0.05) is 0 Å². The van der Waals surface area contributed by atoms with Gasteiger partial charge in [0.2, 0.25) is 0 Å². The van der Waals surface area contributed by atoms with E-state index in [1.54, 1.807) is 6.08 Å². The lowest BCUT2D eigenvalue weighted by Crippen LogP contribution is -1.94. The molecule has 0 unspecified atom stereocenters. The van der Waals surface area contributed by atoms with Gasteiger partial charge in [0.1, 0.15) is 5.75 Å². The lowest BCUT2D eigenvalue weighted by Gasteiger charge is -2.02. The molecule has 0 heterocycles. The first-order chi connectivity index (χ1) is 6.43. The maximum Gasteiger partial charge on any atom is 0.119 e. The Balaban J connectivity index is 2.20. The first-order valence-electron chi connectivity index (χ1n) is 4.30. The summed E-state index contributed by atoms with van der Waals surface area (Å²) in [5, 5.41) is 0. The van der Waals surface area contributed by atoms with E-state index in [-0.39, 0.29) is 0 Å². The van der Waals surface area contributed by atoms with Crippen molar-refractivity contribution in [1.29, 1.82) is 0 Å². The van der Waals surface area contributed by atoms with Gasteiger partial charge in [0.15, 0.2) is 0 Å². The lowest BCUT2D eigenvalue weighted by molar-refractivity contribution is 0.325. The van der Waals surface area contributed by atoms with Gasteiger partial charge in [-0.25, -0.2) is 0 Å². The van der Waals surface area contributed by atoms with Gasteiger partial charge in [-0.05, 0) is 24.6 Å². The molecule has 1 heteroatoms. The predicted molar refractivity (Wildman–Crippen MR) is 54.7 cm³/mol. The molecule has 0 aliphatic carbocycles. The largest absolute Gasteiger partial charge is 0.493 e. The van der Waals surface area contributed by atoms with E-state index >= 15 is 0 Å². The molecular formula is C12H13O. The highest BCUT2D eigenvalue weighted by atomic mass is 16.5. The van der Waals surface area contributed by atoms with Crippen LogP contribution >= 0.6 is 0 Å². The van der Waals surface area contributed by atoms with Crippen molar-refractivity contribution in [2.45, 2.75) is 6.42 Å². The second kappa shape index (κ2) is 6.06. The van der Waals surface area contributed by atoms with Crippen LogP contribution in [0.2, 0.25) is 0 Å². The Bertz CT molecular complexity index is 262. The maximum absolute atomic E-state index is 5.45. The molecule has 13 heavy (non-hydrogen) atoms. The second-order valence-corrected chi connectivity index (χ2v) is 2.54. The fourth-order valence-corrected chi connectivity index (χ4v) is 0.905. The predicted octanol–water partition coefficient (Wildman–Crippen LogP) is 3.00. The number of ether oxygens (including phenoxy) is 1. The zero-order valence-corrected chi connectivity index (χ0v) is 7.57. The summed E-state index contributed by atoms with van der Waals surface area (Å²) in [5.41, 5.74) is 0. The van der Waals surface area contributed by atoms with E-state index in [1.807, 2.05) is 36.4 Å². The minimum atomic E-state index is 0.703. The van der Waals surface area contributed by atoms with Crippen LogP contribution in [0.4, 0.5) is 0 Å². The third-order valence-corrected chi connectivity index (χ3v) is 1.51. The average Bonchev–Trinajstić information content (AvgIpc) is 2.19. The van der Waals surface area contributed by atoms with Crippen molar-refractivity contribution >= 4 is 0 Å². The number of benzene rings is 1. The molecule has 0 spiro atoms. The van der Waals surface area contributed by atoms with Crippen LogP contribution in [0.1, 0.15) is 6.42 Å². The molecule has 0 N–H and O–H groups in total. The van der Waals surface area contributed by atoms with E-state index in [0.717, 1.165) is 12.2 Å². The van der Waals surface area contributed by atoms with Crippen LogP contribution in [0.3, 0.4) is 0 Å². The topological polar surface area (TPSA) is 9.23 Å². The van der Waals surface area contributed by atoms with Gasteiger partial charge in [-0.3, -0.25) is 0 Å². The number of hydrogen-bond donors (Lipinski definition) is 0. The van der Waals surface area contributed by atoms with Crippen LogP contribution < -0.4 is 4.74 Å². The molecule has 1 radical (unpaired) electrons. The number of allylic oxidation sites excluding steroid dienone is 2. The normalized spacial score (nSPS) is 10.2. The van der Waals surface area contributed by atoms with E-state index in [9.17, 15) is 0 Å². The summed E-state index contributed by atoms with van der Waals surface area (Å²) in [6, 6.07) is 10.4. The minimum Gasteiger partial charge on any atom is -0.493 e. The summed E-state index contributed by atoms with van der Waals surface area (Å²) < 4.78 is 5.45. The Labute approximate surface area is 79.4 Å². The molecule has 0 atom stereocenters. The first kappa shape index (κ1) is 9.59. The molecule has 0 saturated heterocycles. The Morgan fingerprint density at radius 1 is 1.38 bits per heavy atom. The van der Waals surface area contributed by atoms with E-state index in [4.69, 9.17) is 4.74 Å². The van der Waals surface area contributed by atoms with Gasteiger partial charge in [-0.1, -0.05) is 36.9 Å². The number of hydrogen-bond acceptors (Lipinski definition) is 1. The lowest BCUT2D eigenvalue weighted by atomic mass is 10.3. The zero-order chi connectivity index (χ0) is 9.36. The van der Waals surface area contributed by atoms with Crippen LogP contribution in [0.15, 0.2) is 49.1 Å². The zero-order valence-electron chi connectivity index (χ0n) is 7.57. The molecule has 1 aromatic rings. The number of rotatable bonds is 5. The fourth-order valence-electron chi connectivity index (χ4n) is 0.905. The Morgan fingerprint density at radius 3 is 2.85 bits per heavy atom. The summed E-state index contributed by atoms with van der Waals surface area (Å²) in [6.45, 7) is 4.29. The highest BCUT2D eigenvalue weighted by molar-refractivity contribution is 5.20. The summed E-state index contributed by atoms with van der Waals surface area (Å²) in [4.78, 5) is 0. The molecule has 0 fully saturated rings. The van der Waals surface area contributed by atoms with E-state index < -0.39 is 0 Å². The molecule has 0 aromatic heterocycles. The molecule has 0 amide bonds. The average molecular weight is 173 g/mol. The van der Waals surface area contributed by atoms with Crippen molar-refractivity contribution in [2.75, 3.05) is 6.61 Å². The van der Waals surface area contributed by atoms with Gasteiger partial charge >= 0.3 is 0 Å². The van der Waals surface area contributed by atoms with Crippen LogP contribution in [0.25, 0.3) is 0 Å². The third-order valence-electron chi connectivity index (χ3n) is 1.51. The molecule has 1 rings (SSSR count). The third kappa shape index (κ3) is 4.16. The van der Waals surface area contributed by atoms with Crippen molar-refractivity contribution in [2.24, 2.45) is 0 Å². The van der Waals surface area contributed by atoms with Crippen LogP contribution in [-0.2, 0) is 0 Å². The molecule has 1 aromatic carbocycles. The molecule has 0 bridgehead atoms. The van der Waals surface area contributed by atoms with E-state index in [1.165, 1.54) is 0 Å². The Hall–Kier alpha value is -1.50. The van der Waals surface area contributed by atoms with Gasteiger partial charge in [0.25, 0.3) is 0 Å². The van der Waals surface area contributed by atoms with Crippen LogP contribution in [0, 0.1) is 6.07 Å².